The van der Waals surface area contributed by atoms with Crippen LogP contribution >= 0.6 is 0 Å². The Bertz CT molecular complexity index is 341. The van der Waals surface area contributed by atoms with Gasteiger partial charge in [0.2, 0.25) is 0 Å². The summed E-state index contributed by atoms with van der Waals surface area (Å²) in [5, 5.41) is 13.6. The van der Waals surface area contributed by atoms with Crippen LogP contribution in [0.25, 0.3) is 0 Å². The first-order valence-electron chi connectivity index (χ1n) is 4.70. The molecule has 5 nitrogen and oxygen atoms in total. The number of ether oxygens (including phenoxy) is 1. The summed E-state index contributed by atoms with van der Waals surface area (Å²) in [4.78, 5) is 10.2. The zero-order chi connectivity index (χ0) is 11.3. The number of nitro benzene ring substituents is 1. The molecule has 15 heavy (non-hydrogen) atoms. The normalized spacial score (nSPS) is 12.1. The lowest BCUT2D eigenvalue weighted by Gasteiger charge is -2.13. The van der Waals surface area contributed by atoms with Crippen LogP contribution in [0.2, 0.25) is 0 Å². The predicted octanol–water partition coefficient (Wildman–Crippen LogP) is 1.58. The first-order chi connectivity index (χ1) is 7.15. The zero-order valence-corrected chi connectivity index (χ0v) is 8.77. The Hall–Kier alpha value is -1.62. The zero-order valence-electron chi connectivity index (χ0n) is 8.77. The topological polar surface area (TPSA) is 64.4 Å². The van der Waals surface area contributed by atoms with Gasteiger partial charge in [-0.2, -0.15) is 0 Å². The Morgan fingerprint density at radius 2 is 2.20 bits per heavy atom. The van der Waals surface area contributed by atoms with Crippen molar-refractivity contribution in [2.45, 2.75) is 13.0 Å². The molecule has 0 bridgehead atoms. The van der Waals surface area contributed by atoms with Gasteiger partial charge < -0.3 is 10.1 Å². The minimum absolute atomic E-state index is 0.000420. The quantitative estimate of drug-likeness (QED) is 0.592. The summed E-state index contributed by atoms with van der Waals surface area (Å²) >= 11 is 0. The maximum Gasteiger partial charge on any atom is 0.310 e. The van der Waals surface area contributed by atoms with Gasteiger partial charge in [0.05, 0.1) is 4.92 Å². The lowest BCUT2D eigenvalue weighted by Crippen LogP contribution is -2.26. The van der Waals surface area contributed by atoms with Crippen molar-refractivity contribution in [2.24, 2.45) is 0 Å². The van der Waals surface area contributed by atoms with E-state index in [1.54, 1.807) is 25.2 Å². The maximum absolute atomic E-state index is 10.7. The molecular formula is C10H14N2O3. The largest absolute Gasteiger partial charge is 0.482 e. The molecule has 0 saturated heterocycles. The van der Waals surface area contributed by atoms with Gasteiger partial charge in [-0.1, -0.05) is 12.1 Å². The highest BCUT2D eigenvalue weighted by atomic mass is 16.6. The summed E-state index contributed by atoms with van der Waals surface area (Å²) in [5.41, 5.74) is 0.000420. The molecule has 1 atom stereocenters. The van der Waals surface area contributed by atoms with Gasteiger partial charge in [-0.05, 0) is 20.0 Å². The smallest absolute Gasteiger partial charge is 0.310 e. The summed E-state index contributed by atoms with van der Waals surface area (Å²) in [6, 6.07) is 6.37. The van der Waals surface area contributed by atoms with E-state index >= 15 is 0 Å². The molecule has 1 rings (SSSR count). The fourth-order valence-electron chi connectivity index (χ4n) is 1.25. The highest BCUT2D eigenvalue weighted by Crippen LogP contribution is 2.26. The van der Waals surface area contributed by atoms with E-state index in [2.05, 4.69) is 5.32 Å². The highest BCUT2D eigenvalue weighted by molar-refractivity contribution is 5.45. The fraction of sp³-hybridized carbons (Fsp3) is 0.400. The average Bonchev–Trinajstić information content (AvgIpc) is 2.18. The molecule has 0 saturated carbocycles. The van der Waals surface area contributed by atoms with E-state index in [1.807, 2.05) is 6.92 Å². The number of nitrogens with one attached hydrogen (secondary N) is 1. The van der Waals surface area contributed by atoms with E-state index in [9.17, 15) is 10.1 Å². The Morgan fingerprint density at radius 3 is 2.80 bits per heavy atom. The van der Waals surface area contributed by atoms with E-state index in [0.717, 1.165) is 0 Å². The van der Waals surface area contributed by atoms with Crippen molar-refractivity contribution >= 4 is 5.69 Å². The molecule has 0 aromatic heterocycles. The molecule has 0 radical (unpaired) electrons. The molecule has 1 N–H and O–H groups in total. The van der Waals surface area contributed by atoms with E-state index in [1.165, 1.54) is 6.07 Å². The van der Waals surface area contributed by atoms with Crippen LogP contribution in [-0.2, 0) is 0 Å². The maximum atomic E-state index is 10.7. The van der Waals surface area contributed by atoms with Gasteiger partial charge in [0, 0.05) is 12.6 Å². The van der Waals surface area contributed by atoms with Gasteiger partial charge in [-0.25, -0.2) is 0 Å². The highest BCUT2D eigenvalue weighted by Gasteiger charge is 2.15. The Morgan fingerprint density at radius 1 is 1.53 bits per heavy atom. The number of rotatable bonds is 5. The monoisotopic (exact) mass is 210 g/mol. The number of benzene rings is 1. The minimum atomic E-state index is -0.443. The third kappa shape index (κ3) is 3.21. The van der Waals surface area contributed by atoms with Gasteiger partial charge in [0.1, 0.15) is 6.10 Å². The number of nitrogens with zero attached hydrogens (tertiary/aromatic N) is 1. The van der Waals surface area contributed by atoms with E-state index in [-0.39, 0.29) is 11.8 Å². The SMILES string of the molecule is CNCC(C)Oc1ccccc1[N+](=O)[O-]. The third-order valence-corrected chi connectivity index (χ3v) is 1.88. The molecule has 0 aliphatic carbocycles. The molecule has 1 aromatic rings. The second kappa shape index (κ2) is 5.31. The van der Waals surface area contributed by atoms with Crippen LogP contribution in [-0.4, -0.2) is 24.6 Å². The van der Waals surface area contributed by atoms with Crippen LogP contribution in [0.4, 0.5) is 5.69 Å². The standard InChI is InChI=1S/C10H14N2O3/c1-8(7-11-2)15-10-6-4-3-5-9(10)12(13)14/h3-6,8,11H,7H2,1-2H3. The van der Waals surface area contributed by atoms with E-state index in [4.69, 9.17) is 4.74 Å². The minimum Gasteiger partial charge on any atom is -0.482 e. The van der Waals surface area contributed by atoms with E-state index < -0.39 is 4.92 Å². The Labute approximate surface area is 88.2 Å². The summed E-state index contributed by atoms with van der Waals surface area (Å²) in [6.45, 7) is 2.50. The summed E-state index contributed by atoms with van der Waals surface area (Å²) in [7, 11) is 1.80. The van der Waals surface area contributed by atoms with E-state index in [0.29, 0.717) is 12.3 Å². The number of likely N-dealkylation sites (N-methyl/N-ethyl adjacent to an activating group) is 1. The summed E-state index contributed by atoms with van der Waals surface area (Å²) in [6.07, 6.45) is -0.101. The number of hydrogen-bond acceptors (Lipinski definition) is 4. The van der Waals surface area contributed by atoms with Crippen LogP contribution < -0.4 is 10.1 Å². The van der Waals surface area contributed by atoms with Crippen molar-refractivity contribution in [3.8, 4) is 5.75 Å². The first-order valence-corrected chi connectivity index (χ1v) is 4.70. The molecule has 1 aromatic carbocycles. The number of hydrogen-bond donors (Lipinski definition) is 1. The van der Waals surface area contributed by atoms with Gasteiger partial charge in [-0.3, -0.25) is 10.1 Å². The number of nitro groups is 1. The fourth-order valence-corrected chi connectivity index (χ4v) is 1.25. The van der Waals surface area contributed by atoms with Gasteiger partial charge in [0.15, 0.2) is 5.75 Å². The first kappa shape index (κ1) is 11.5. The lowest BCUT2D eigenvalue weighted by molar-refractivity contribution is -0.386. The molecule has 5 heteroatoms. The molecule has 82 valence electrons. The molecular weight excluding hydrogens is 196 g/mol. The Balaban J connectivity index is 2.79. The van der Waals surface area contributed by atoms with Crippen molar-refractivity contribution < 1.29 is 9.66 Å². The molecule has 1 unspecified atom stereocenters. The number of para-hydroxylation sites is 2. The average molecular weight is 210 g/mol. The van der Waals surface area contributed by atoms with Crippen molar-refractivity contribution in [2.75, 3.05) is 13.6 Å². The second-order valence-electron chi connectivity index (χ2n) is 3.21. The summed E-state index contributed by atoms with van der Waals surface area (Å²) in [5.74, 6) is 0.310. The van der Waals surface area contributed by atoms with Crippen molar-refractivity contribution in [3.05, 3.63) is 34.4 Å². The van der Waals surface area contributed by atoms with Crippen LogP contribution in [0.3, 0.4) is 0 Å². The third-order valence-electron chi connectivity index (χ3n) is 1.88. The second-order valence-corrected chi connectivity index (χ2v) is 3.21. The lowest BCUT2D eigenvalue weighted by atomic mass is 10.3. The van der Waals surface area contributed by atoms with Crippen LogP contribution in [0.1, 0.15) is 6.92 Å². The van der Waals surface area contributed by atoms with Crippen LogP contribution in [0.5, 0.6) is 5.75 Å². The molecule has 0 heterocycles. The predicted molar refractivity (Wildman–Crippen MR) is 57.1 cm³/mol. The molecule has 0 spiro atoms. The van der Waals surface area contributed by atoms with Gasteiger partial charge in [-0.15, -0.1) is 0 Å². The van der Waals surface area contributed by atoms with Crippen LogP contribution in [0.15, 0.2) is 24.3 Å². The van der Waals surface area contributed by atoms with Crippen molar-refractivity contribution in [1.82, 2.24) is 5.32 Å². The summed E-state index contributed by atoms with van der Waals surface area (Å²) < 4.78 is 5.44. The molecule has 0 aliphatic heterocycles. The van der Waals surface area contributed by atoms with Gasteiger partial charge in [0.25, 0.3) is 0 Å². The molecule has 0 aliphatic rings. The Kier molecular flexibility index (Phi) is 4.05. The van der Waals surface area contributed by atoms with Gasteiger partial charge >= 0.3 is 5.69 Å². The molecule has 0 fully saturated rings. The molecule has 0 amide bonds. The van der Waals surface area contributed by atoms with Crippen molar-refractivity contribution in [1.29, 1.82) is 0 Å². The van der Waals surface area contributed by atoms with Crippen LogP contribution in [0, 0.1) is 10.1 Å². The van der Waals surface area contributed by atoms with Crippen molar-refractivity contribution in [3.63, 3.8) is 0 Å².